The van der Waals surface area contributed by atoms with Gasteiger partial charge in [0, 0.05) is 17.3 Å². The molecular weight excluding hydrogens is 252 g/mol. The van der Waals surface area contributed by atoms with Crippen molar-refractivity contribution in [3.05, 3.63) is 29.3 Å². The van der Waals surface area contributed by atoms with Crippen LogP contribution in [0.2, 0.25) is 5.02 Å². The topological polar surface area (TPSA) is 41.6 Å². The lowest BCUT2D eigenvalue weighted by atomic mass is 10.0. The summed E-state index contributed by atoms with van der Waals surface area (Å²) in [5.74, 6) is 0. The van der Waals surface area contributed by atoms with Crippen LogP contribution in [-0.2, 0) is 4.74 Å². The minimum Gasteiger partial charge on any atom is -0.377 e. The highest BCUT2D eigenvalue weighted by molar-refractivity contribution is 6.30. The van der Waals surface area contributed by atoms with Gasteiger partial charge in [0.05, 0.1) is 18.8 Å². The van der Waals surface area contributed by atoms with Gasteiger partial charge < -0.3 is 15.0 Å². The molecule has 98 valence electrons. The van der Waals surface area contributed by atoms with E-state index < -0.39 is 0 Å². The number of morpholine rings is 1. The molecule has 1 aliphatic rings. The van der Waals surface area contributed by atoms with Crippen molar-refractivity contribution >= 4 is 23.3 Å². The minimum atomic E-state index is -0.291. The lowest BCUT2D eigenvalue weighted by Gasteiger charge is -2.41. The molecule has 1 saturated heterocycles. The highest BCUT2D eigenvalue weighted by Gasteiger charge is 2.34. The number of carbonyl (C=O) groups excluding carboxylic acids is 1. The first kappa shape index (κ1) is 13.2. The second kappa shape index (κ2) is 5.16. The number of hydrogen-bond donors (Lipinski definition) is 1. The summed E-state index contributed by atoms with van der Waals surface area (Å²) in [7, 11) is 0. The standard InChI is InChI=1S/C13H17ClN2O2/c1-13(2)9-18-7-6-16(13)12(17)15-11-5-3-4-10(14)8-11/h3-5,8H,6-7,9H2,1-2H3,(H,15,17). The molecule has 5 heteroatoms. The predicted molar refractivity (Wildman–Crippen MR) is 72.1 cm³/mol. The van der Waals surface area contributed by atoms with Crippen molar-refractivity contribution in [2.45, 2.75) is 19.4 Å². The van der Waals surface area contributed by atoms with Gasteiger partial charge in [-0.2, -0.15) is 0 Å². The van der Waals surface area contributed by atoms with Crippen LogP contribution >= 0.6 is 11.6 Å². The molecule has 0 radical (unpaired) electrons. The van der Waals surface area contributed by atoms with Crippen LogP contribution in [0.4, 0.5) is 10.5 Å². The zero-order valence-corrected chi connectivity index (χ0v) is 11.3. The van der Waals surface area contributed by atoms with Gasteiger partial charge in [0.2, 0.25) is 0 Å². The molecule has 0 aromatic heterocycles. The third kappa shape index (κ3) is 2.94. The Labute approximate surface area is 112 Å². The number of nitrogens with one attached hydrogen (secondary N) is 1. The maximum atomic E-state index is 12.2. The van der Waals surface area contributed by atoms with Crippen molar-refractivity contribution in [1.29, 1.82) is 0 Å². The quantitative estimate of drug-likeness (QED) is 0.851. The Morgan fingerprint density at radius 3 is 2.94 bits per heavy atom. The molecule has 0 unspecified atom stereocenters. The van der Waals surface area contributed by atoms with Crippen molar-refractivity contribution in [1.82, 2.24) is 4.90 Å². The van der Waals surface area contributed by atoms with Crippen LogP contribution in [0, 0.1) is 0 Å². The second-order valence-electron chi connectivity index (χ2n) is 4.96. The fraction of sp³-hybridized carbons (Fsp3) is 0.462. The Bertz CT molecular complexity index is 448. The number of ether oxygens (including phenoxy) is 1. The third-order valence-corrected chi connectivity index (χ3v) is 3.20. The van der Waals surface area contributed by atoms with E-state index in [1.165, 1.54) is 0 Å². The molecule has 0 spiro atoms. The van der Waals surface area contributed by atoms with Crippen LogP contribution in [0.1, 0.15) is 13.8 Å². The zero-order valence-electron chi connectivity index (χ0n) is 10.6. The molecule has 1 N–H and O–H groups in total. The zero-order chi connectivity index (χ0) is 13.2. The van der Waals surface area contributed by atoms with Crippen LogP contribution in [-0.4, -0.2) is 36.2 Å². The molecule has 2 amide bonds. The van der Waals surface area contributed by atoms with Crippen molar-refractivity contribution in [3.8, 4) is 0 Å². The molecule has 1 aromatic rings. The number of urea groups is 1. The van der Waals surface area contributed by atoms with Crippen molar-refractivity contribution in [3.63, 3.8) is 0 Å². The van der Waals surface area contributed by atoms with E-state index in [2.05, 4.69) is 5.32 Å². The summed E-state index contributed by atoms with van der Waals surface area (Å²) in [6.07, 6.45) is 0. The van der Waals surface area contributed by atoms with Gasteiger partial charge in [-0.1, -0.05) is 17.7 Å². The first-order valence-electron chi connectivity index (χ1n) is 5.91. The Morgan fingerprint density at radius 2 is 2.28 bits per heavy atom. The van der Waals surface area contributed by atoms with Gasteiger partial charge in [-0.3, -0.25) is 0 Å². The molecule has 18 heavy (non-hydrogen) atoms. The van der Waals surface area contributed by atoms with Gasteiger partial charge in [-0.15, -0.1) is 0 Å². The maximum absolute atomic E-state index is 12.2. The Kier molecular flexibility index (Phi) is 3.78. The summed E-state index contributed by atoms with van der Waals surface area (Å²) in [6, 6.07) is 7.01. The van der Waals surface area contributed by atoms with Crippen molar-refractivity contribution in [2.75, 3.05) is 25.1 Å². The summed E-state index contributed by atoms with van der Waals surface area (Å²) in [5.41, 5.74) is 0.413. The normalized spacial score (nSPS) is 18.5. The molecule has 2 rings (SSSR count). The molecule has 1 aliphatic heterocycles. The highest BCUT2D eigenvalue weighted by Crippen LogP contribution is 2.21. The highest BCUT2D eigenvalue weighted by atomic mass is 35.5. The van der Waals surface area contributed by atoms with Gasteiger partial charge in [-0.25, -0.2) is 4.79 Å². The van der Waals surface area contributed by atoms with Gasteiger partial charge in [0.1, 0.15) is 0 Å². The van der Waals surface area contributed by atoms with E-state index in [0.29, 0.717) is 30.5 Å². The first-order chi connectivity index (χ1) is 8.49. The summed E-state index contributed by atoms with van der Waals surface area (Å²) in [5, 5.41) is 3.46. The smallest absolute Gasteiger partial charge is 0.322 e. The molecule has 1 fully saturated rings. The number of anilines is 1. The number of hydrogen-bond acceptors (Lipinski definition) is 2. The van der Waals surface area contributed by atoms with Gasteiger partial charge in [0.15, 0.2) is 0 Å². The predicted octanol–water partition coefficient (Wildman–Crippen LogP) is 2.98. The number of amides is 2. The maximum Gasteiger partial charge on any atom is 0.322 e. The largest absolute Gasteiger partial charge is 0.377 e. The molecule has 4 nitrogen and oxygen atoms in total. The summed E-state index contributed by atoms with van der Waals surface area (Å²) in [6.45, 7) is 5.70. The fourth-order valence-corrected chi connectivity index (χ4v) is 2.18. The van der Waals surface area contributed by atoms with Crippen LogP contribution in [0.3, 0.4) is 0 Å². The number of rotatable bonds is 1. The minimum absolute atomic E-state index is 0.120. The molecule has 0 atom stereocenters. The van der Waals surface area contributed by atoms with E-state index in [9.17, 15) is 4.79 Å². The molecule has 0 bridgehead atoms. The monoisotopic (exact) mass is 268 g/mol. The average molecular weight is 269 g/mol. The molecular formula is C13H17ClN2O2. The van der Waals surface area contributed by atoms with E-state index in [-0.39, 0.29) is 11.6 Å². The number of carbonyl (C=O) groups is 1. The molecule has 0 saturated carbocycles. The van der Waals surface area contributed by atoms with Crippen LogP contribution in [0.5, 0.6) is 0 Å². The second-order valence-corrected chi connectivity index (χ2v) is 5.39. The Balaban J connectivity index is 2.07. The Hall–Kier alpha value is -1.26. The van der Waals surface area contributed by atoms with Crippen molar-refractivity contribution < 1.29 is 9.53 Å². The van der Waals surface area contributed by atoms with Crippen LogP contribution in [0.25, 0.3) is 0 Å². The van der Waals surface area contributed by atoms with Crippen molar-refractivity contribution in [2.24, 2.45) is 0 Å². The fourth-order valence-electron chi connectivity index (χ4n) is 1.99. The average Bonchev–Trinajstić information content (AvgIpc) is 2.28. The van der Waals surface area contributed by atoms with E-state index in [1.807, 2.05) is 26.0 Å². The number of benzene rings is 1. The van der Waals surface area contributed by atoms with E-state index in [0.717, 1.165) is 0 Å². The third-order valence-electron chi connectivity index (χ3n) is 2.97. The van der Waals surface area contributed by atoms with E-state index in [1.54, 1.807) is 17.0 Å². The molecule has 0 aliphatic carbocycles. The molecule has 1 heterocycles. The lowest BCUT2D eigenvalue weighted by Crippen LogP contribution is -2.56. The number of halogens is 1. The van der Waals surface area contributed by atoms with E-state index >= 15 is 0 Å². The van der Waals surface area contributed by atoms with Crippen LogP contribution < -0.4 is 5.32 Å². The molecule has 1 aromatic carbocycles. The first-order valence-corrected chi connectivity index (χ1v) is 6.29. The van der Waals surface area contributed by atoms with Crippen LogP contribution in [0.15, 0.2) is 24.3 Å². The summed E-state index contributed by atoms with van der Waals surface area (Å²) in [4.78, 5) is 14.0. The SMILES string of the molecule is CC1(C)COCCN1C(=O)Nc1cccc(Cl)c1. The van der Waals surface area contributed by atoms with E-state index in [4.69, 9.17) is 16.3 Å². The summed E-state index contributed by atoms with van der Waals surface area (Å²) >= 11 is 5.89. The summed E-state index contributed by atoms with van der Waals surface area (Å²) < 4.78 is 5.39. The Morgan fingerprint density at radius 1 is 1.50 bits per heavy atom. The number of nitrogens with zero attached hydrogens (tertiary/aromatic N) is 1. The van der Waals surface area contributed by atoms with Gasteiger partial charge >= 0.3 is 6.03 Å². The van der Waals surface area contributed by atoms with Gasteiger partial charge in [0.25, 0.3) is 0 Å². The van der Waals surface area contributed by atoms with Gasteiger partial charge in [-0.05, 0) is 32.0 Å². The lowest BCUT2D eigenvalue weighted by molar-refractivity contribution is -0.0249.